The Bertz CT molecular complexity index is 406. The normalized spacial score (nSPS) is 17.7. The van der Waals surface area contributed by atoms with Crippen molar-refractivity contribution in [1.29, 1.82) is 0 Å². The second kappa shape index (κ2) is 4.97. The summed E-state index contributed by atoms with van der Waals surface area (Å²) in [6, 6.07) is 3.60. The lowest BCUT2D eigenvalue weighted by atomic mass is 10.1. The van der Waals surface area contributed by atoms with Crippen LogP contribution in [0, 0.1) is 0 Å². The van der Waals surface area contributed by atoms with Crippen LogP contribution in [-0.2, 0) is 4.84 Å². The molecule has 1 aliphatic rings. The molecule has 0 spiro atoms. The highest BCUT2D eigenvalue weighted by Gasteiger charge is 2.23. The van der Waals surface area contributed by atoms with Gasteiger partial charge in [-0.1, -0.05) is 0 Å². The highest BCUT2D eigenvalue weighted by Crippen LogP contribution is 2.40. The van der Waals surface area contributed by atoms with Crippen molar-refractivity contribution in [2.24, 2.45) is 0 Å². The van der Waals surface area contributed by atoms with E-state index in [1.54, 1.807) is 39.7 Å². The first-order valence-electron chi connectivity index (χ1n) is 5.18. The lowest BCUT2D eigenvalue weighted by Crippen LogP contribution is -2.07. The van der Waals surface area contributed by atoms with Gasteiger partial charge in [0.1, 0.15) is 23.4 Å². The summed E-state index contributed by atoms with van der Waals surface area (Å²) in [4.78, 5) is 5.34. The van der Waals surface area contributed by atoms with Gasteiger partial charge in [0.15, 0.2) is 0 Å². The van der Waals surface area contributed by atoms with Crippen LogP contribution in [0.3, 0.4) is 0 Å². The van der Waals surface area contributed by atoms with Crippen LogP contribution in [0.25, 0.3) is 0 Å². The van der Waals surface area contributed by atoms with Gasteiger partial charge in [-0.25, -0.2) is 0 Å². The summed E-state index contributed by atoms with van der Waals surface area (Å²) >= 11 is 0. The number of nitrogens with one attached hydrogen (secondary N) is 1. The molecule has 0 saturated heterocycles. The van der Waals surface area contributed by atoms with Gasteiger partial charge in [0.05, 0.1) is 26.9 Å². The zero-order valence-corrected chi connectivity index (χ0v) is 10.0. The molecule has 0 aliphatic carbocycles. The number of hydrogen-bond acceptors (Lipinski definition) is 5. The third-order valence-electron chi connectivity index (χ3n) is 2.57. The molecule has 0 aromatic heterocycles. The van der Waals surface area contributed by atoms with Crippen molar-refractivity contribution >= 4 is 0 Å². The molecule has 0 amide bonds. The summed E-state index contributed by atoms with van der Waals surface area (Å²) in [5.74, 6) is 2.01. The quantitative estimate of drug-likeness (QED) is 0.865. The van der Waals surface area contributed by atoms with Gasteiger partial charge in [0, 0.05) is 18.3 Å². The molecule has 1 unspecified atom stereocenters. The zero-order chi connectivity index (χ0) is 12.3. The zero-order valence-electron chi connectivity index (χ0n) is 10.0. The van der Waals surface area contributed by atoms with Gasteiger partial charge < -0.3 is 14.2 Å². The summed E-state index contributed by atoms with van der Waals surface area (Å²) in [6.07, 6.45) is 3.38. The lowest BCUT2D eigenvalue weighted by Gasteiger charge is -2.17. The van der Waals surface area contributed by atoms with E-state index in [1.165, 1.54) is 0 Å². The third-order valence-corrected chi connectivity index (χ3v) is 2.57. The smallest absolute Gasteiger partial charge is 0.137 e. The minimum absolute atomic E-state index is 0.231. The van der Waals surface area contributed by atoms with Crippen LogP contribution >= 0.6 is 0 Å². The van der Waals surface area contributed by atoms with Crippen molar-refractivity contribution in [2.45, 2.75) is 6.10 Å². The van der Waals surface area contributed by atoms with Crippen LogP contribution in [0.15, 0.2) is 24.4 Å². The van der Waals surface area contributed by atoms with Gasteiger partial charge in [-0.15, -0.1) is 0 Å². The van der Waals surface area contributed by atoms with Crippen molar-refractivity contribution in [3.05, 3.63) is 30.0 Å². The fourth-order valence-corrected chi connectivity index (χ4v) is 1.75. The molecular weight excluding hydrogens is 222 g/mol. The monoisotopic (exact) mass is 237 g/mol. The molecule has 17 heavy (non-hydrogen) atoms. The Morgan fingerprint density at radius 1 is 1.06 bits per heavy atom. The fourth-order valence-electron chi connectivity index (χ4n) is 1.75. The molecular formula is C12H15NO4. The van der Waals surface area contributed by atoms with Crippen LogP contribution in [0.2, 0.25) is 0 Å². The molecule has 0 fully saturated rings. The molecule has 5 nitrogen and oxygen atoms in total. The number of hydrogen-bond donors (Lipinski definition) is 1. The van der Waals surface area contributed by atoms with E-state index in [2.05, 4.69) is 5.48 Å². The van der Waals surface area contributed by atoms with Crippen molar-refractivity contribution in [3.63, 3.8) is 0 Å². The Balaban J connectivity index is 2.49. The summed E-state index contributed by atoms with van der Waals surface area (Å²) < 4.78 is 15.9. The Hall–Kier alpha value is -1.88. The van der Waals surface area contributed by atoms with Gasteiger partial charge in [-0.05, 0) is 6.08 Å². The number of benzene rings is 1. The van der Waals surface area contributed by atoms with Crippen molar-refractivity contribution in [3.8, 4) is 17.2 Å². The molecule has 0 bridgehead atoms. The third kappa shape index (κ3) is 2.14. The maximum Gasteiger partial charge on any atom is 0.137 e. The largest absolute Gasteiger partial charge is 0.496 e. The molecule has 0 radical (unpaired) electrons. The maximum absolute atomic E-state index is 5.34. The van der Waals surface area contributed by atoms with E-state index in [4.69, 9.17) is 19.0 Å². The number of rotatable bonds is 4. The highest BCUT2D eigenvalue weighted by molar-refractivity contribution is 5.53. The topological polar surface area (TPSA) is 49.0 Å². The van der Waals surface area contributed by atoms with Crippen LogP contribution in [0.4, 0.5) is 0 Å². The second-order valence-corrected chi connectivity index (χ2v) is 3.46. The van der Waals surface area contributed by atoms with Gasteiger partial charge in [0.25, 0.3) is 0 Å². The minimum atomic E-state index is -0.231. The van der Waals surface area contributed by atoms with Crippen LogP contribution in [0.1, 0.15) is 11.7 Å². The molecule has 1 aromatic rings. The first-order valence-corrected chi connectivity index (χ1v) is 5.18. The van der Waals surface area contributed by atoms with Crippen molar-refractivity contribution < 1.29 is 19.0 Å². The molecule has 1 atom stereocenters. The predicted molar refractivity (Wildman–Crippen MR) is 62.2 cm³/mol. The van der Waals surface area contributed by atoms with Crippen molar-refractivity contribution in [1.82, 2.24) is 5.48 Å². The fraction of sp³-hybridized carbons (Fsp3) is 0.333. The van der Waals surface area contributed by atoms with E-state index in [9.17, 15) is 0 Å². The van der Waals surface area contributed by atoms with Crippen molar-refractivity contribution in [2.75, 3.05) is 21.3 Å². The first kappa shape index (κ1) is 11.6. The Morgan fingerprint density at radius 2 is 1.71 bits per heavy atom. The average Bonchev–Trinajstić information content (AvgIpc) is 2.90. The molecule has 1 aromatic carbocycles. The van der Waals surface area contributed by atoms with E-state index in [0.29, 0.717) is 17.2 Å². The number of ether oxygens (including phenoxy) is 3. The SMILES string of the molecule is COc1cc(OC)c(C2C=CNO2)c(OC)c1. The minimum Gasteiger partial charge on any atom is -0.496 e. The lowest BCUT2D eigenvalue weighted by molar-refractivity contribution is 0.0442. The number of methoxy groups -OCH3 is 3. The highest BCUT2D eigenvalue weighted by atomic mass is 16.7. The summed E-state index contributed by atoms with van der Waals surface area (Å²) in [5.41, 5.74) is 3.51. The van der Waals surface area contributed by atoms with Crippen LogP contribution in [0.5, 0.6) is 17.2 Å². The van der Waals surface area contributed by atoms with Crippen LogP contribution in [-0.4, -0.2) is 21.3 Å². The standard InChI is InChI=1S/C12H15NO4/c1-14-8-6-10(15-2)12(11(7-8)16-3)9-4-5-13-17-9/h4-7,9,13H,1-3H3. The van der Waals surface area contributed by atoms with Crippen LogP contribution < -0.4 is 19.7 Å². The first-order chi connectivity index (χ1) is 8.30. The van der Waals surface area contributed by atoms with Gasteiger partial charge in [0.2, 0.25) is 0 Å². The maximum atomic E-state index is 5.34. The van der Waals surface area contributed by atoms with Gasteiger partial charge in [-0.2, -0.15) is 0 Å². The van der Waals surface area contributed by atoms with Gasteiger partial charge >= 0.3 is 0 Å². The molecule has 1 aliphatic heterocycles. The molecule has 1 N–H and O–H groups in total. The molecule has 0 saturated carbocycles. The van der Waals surface area contributed by atoms with Gasteiger partial charge in [-0.3, -0.25) is 10.3 Å². The van der Waals surface area contributed by atoms with E-state index >= 15 is 0 Å². The summed E-state index contributed by atoms with van der Waals surface area (Å²) in [6.45, 7) is 0. The molecule has 92 valence electrons. The van der Waals surface area contributed by atoms with E-state index < -0.39 is 0 Å². The van der Waals surface area contributed by atoms with E-state index in [0.717, 1.165) is 5.56 Å². The van der Waals surface area contributed by atoms with E-state index in [1.807, 2.05) is 6.08 Å². The Labute approximate surface area is 99.9 Å². The Morgan fingerprint density at radius 3 is 2.12 bits per heavy atom. The Kier molecular flexibility index (Phi) is 3.39. The average molecular weight is 237 g/mol. The van der Waals surface area contributed by atoms with E-state index in [-0.39, 0.29) is 6.10 Å². The molecule has 5 heteroatoms. The summed E-state index contributed by atoms with van der Waals surface area (Å²) in [5, 5.41) is 0. The molecule has 2 rings (SSSR count). The predicted octanol–water partition coefficient (Wildman–Crippen LogP) is 1.80. The number of hydroxylamine groups is 1. The second-order valence-electron chi connectivity index (χ2n) is 3.46. The summed E-state index contributed by atoms with van der Waals surface area (Å²) in [7, 11) is 4.80. The molecule has 1 heterocycles.